The summed E-state index contributed by atoms with van der Waals surface area (Å²) in [4.78, 5) is 31.4. The van der Waals surface area contributed by atoms with E-state index >= 15 is 0 Å². The van der Waals surface area contributed by atoms with Gasteiger partial charge in [0.25, 0.3) is 0 Å². The summed E-state index contributed by atoms with van der Waals surface area (Å²) in [6, 6.07) is 0. The Morgan fingerprint density at radius 3 is 1.62 bits per heavy atom. The summed E-state index contributed by atoms with van der Waals surface area (Å²) in [6.45, 7) is 27.0. The van der Waals surface area contributed by atoms with Crippen molar-refractivity contribution < 1.29 is 53.1 Å². The van der Waals surface area contributed by atoms with Crippen LogP contribution >= 0.6 is 0 Å². The maximum atomic E-state index is 10.6. The van der Waals surface area contributed by atoms with Gasteiger partial charge in [0.05, 0.1) is 18.5 Å². The first kappa shape index (κ1) is 65.7. The molecule has 3 unspecified atom stereocenters. The third-order valence-corrected chi connectivity index (χ3v) is 9.12. The molecule has 3 atom stereocenters. The molecular weight excluding hydrogens is 867 g/mol. The summed E-state index contributed by atoms with van der Waals surface area (Å²) in [5.41, 5.74) is 1.18. The molecule has 0 aromatic carbocycles. The van der Waals surface area contributed by atoms with Crippen molar-refractivity contribution in [1.29, 1.82) is 0 Å². The minimum absolute atomic E-state index is 0. The maximum absolute atomic E-state index is 10.6. The van der Waals surface area contributed by atoms with Crippen molar-refractivity contribution in [3.8, 4) is 0 Å². The summed E-state index contributed by atoms with van der Waals surface area (Å²) >= 11 is 0. The number of methoxy groups -OCH3 is 2. The molecule has 0 saturated heterocycles. The van der Waals surface area contributed by atoms with Crippen LogP contribution in [0.3, 0.4) is 0 Å². The Labute approximate surface area is 357 Å². The molecule has 0 rings (SSSR count). The quantitative estimate of drug-likeness (QED) is 0.0225. The van der Waals surface area contributed by atoms with Crippen molar-refractivity contribution in [3.63, 3.8) is 0 Å². The number of hydrogen-bond donors (Lipinski definition) is 0. The number of allylic oxidation sites excluding steroid dienone is 2. The summed E-state index contributed by atoms with van der Waals surface area (Å²) in [5.74, 6) is 2.59. The van der Waals surface area contributed by atoms with Gasteiger partial charge in [0.1, 0.15) is 12.9 Å². The van der Waals surface area contributed by atoms with E-state index in [9.17, 15) is 14.4 Å². The Bertz CT molecular complexity index is 750. The molecule has 8 heteroatoms. The first-order valence-corrected chi connectivity index (χ1v) is 22.2. The summed E-state index contributed by atoms with van der Waals surface area (Å²) in [6.07, 6.45) is 27.6. The van der Waals surface area contributed by atoms with Crippen molar-refractivity contribution in [3.05, 3.63) is 11.3 Å². The molecule has 333 valence electrons. The molecule has 0 bridgehead atoms. The predicted molar refractivity (Wildman–Crippen MR) is 234 cm³/mol. The SMILES string of the molecule is CC.CCCC(COC(C)=O)OC.CCCCC(CC)C(C)C.CCCCCCCCC(OCC(C[C-]=O)CC=O)=C(C)C.CCCCCCCCOC.[Os+]. The molecule has 0 aliphatic carbocycles. The smallest absolute Gasteiger partial charge is 0.542 e. The largest absolute Gasteiger partial charge is 1.00 e. The average molecular weight is 962 g/mol. The summed E-state index contributed by atoms with van der Waals surface area (Å²) in [7, 11) is 3.40. The number of hydrogen-bond acceptors (Lipinski definition) is 7. The van der Waals surface area contributed by atoms with Crippen LogP contribution in [-0.4, -0.2) is 58.7 Å². The molecule has 7 nitrogen and oxygen atoms in total. The van der Waals surface area contributed by atoms with E-state index in [-0.39, 0.29) is 44.2 Å². The zero-order valence-electron chi connectivity index (χ0n) is 39.1. The molecule has 0 fully saturated rings. The van der Waals surface area contributed by atoms with Crippen LogP contribution in [0.25, 0.3) is 0 Å². The van der Waals surface area contributed by atoms with Gasteiger partial charge >= 0.3 is 25.8 Å². The topological polar surface area (TPSA) is 88.1 Å². The Kier molecular flexibility index (Phi) is 68.4. The van der Waals surface area contributed by atoms with Gasteiger partial charge in [0, 0.05) is 40.6 Å². The molecule has 0 aliphatic heterocycles. The predicted octanol–water partition coefficient (Wildman–Crippen LogP) is 14.0. The van der Waals surface area contributed by atoms with Crippen molar-refractivity contribution >= 4 is 18.5 Å². The number of unbranched alkanes of at least 4 members (excludes halogenated alkanes) is 11. The number of carbonyl (C=O) groups excluding carboxylic acids is 3. The van der Waals surface area contributed by atoms with Gasteiger partial charge in [0.2, 0.25) is 0 Å². The van der Waals surface area contributed by atoms with Crippen LogP contribution in [0.1, 0.15) is 218 Å². The monoisotopic (exact) mass is 964 g/mol. The van der Waals surface area contributed by atoms with Crippen molar-refractivity contribution in [2.75, 3.05) is 34.0 Å². The minimum Gasteiger partial charge on any atom is -0.542 e. The summed E-state index contributed by atoms with van der Waals surface area (Å²) < 4.78 is 20.6. The Hall–Kier alpha value is -1.09. The molecule has 0 saturated carbocycles. The van der Waals surface area contributed by atoms with E-state index in [0.29, 0.717) is 19.6 Å². The van der Waals surface area contributed by atoms with Crippen molar-refractivity contribution in [2.24, 2.45) is 17.8 Å². The number of aldehydes is 1. The van der Waals surface area contributed by atoms with E-state index in [2.05, 4.69) is 48.5 Å². The summed E-state index contributed by atoms with van der Waals surface area (Å²) in [5, 5.41) is 0. The van der Waals surface area contributed by atoms with E-state index < -0.39 is 0 Å². The van der Waals surface area contributed by atoms with Gasteiger partial charge in [-0.1, -0.05) is 159 Å². The van der Waals surface area contributed by atoms with Crippen molar-refractivity contribution in [1.82, 2.24) is 0 Å². The van der Waals surface area contributed by atoms with Gasteiger partial charge in [-0.15, -0.1) is 6.42 Å². The van der Waals surface area contributed by atoms with Crippen LogP contribution in [0.5, 0.6) is 0 Å². The maximum Gasteiger partial charge on any atom is 1.00 e. The average Bonchev–Trinajstić information content (AvgIpc) is 3.16. The van der Waals surface area contributed by atoms with Crippen LogP contribution in [0.2, 0.25) is 0 Å². The van der Waals surface area contributed by atoms with E-state index in [4.69, 9.17) is 18.9 Å². The second-order valence-electron chi connectivity index (χ2n) is 14.6. The first-order valence-electron chi connectivity index (χ1n) is 22.2. The Morgan fingerprint density at radius 2 is 1.22 bits per heavy atom. The van der Waals surface area contributed by atoms with E-state index in [1.807, 2.05) is 34.0 Å². The van der Waals surface area contributed by atoms with Crippen molar-refractivity contribution in [2.45, 2.75) is 224 Å². The zero-order valence-corrected chi connectivity index (χ0v) is 41.6. The van der Waals surface area contributed by atoms with Crippen LogP contribution in [0, 0.1) is 17.8 Å². The molecule has 55 heavy (non-hydrogen) atoms. The van der Waals surface area contributed by atoms with Gasteiger partial charge in [-0.05, 0) is 56.4 Å². The number of carbonyl (C=O) groups is 2. The third kappa shape index (κ3) is 57.3. The first-order chi connectivity index (χ1) is 26.0. The number of esters is 1. The fourth-order valence-corrected chi connectivity index (χ4v) is 5.52. The molecule has 0 spiro atoms. The van der Waals surface area contributed by atoms with E-state index in [1.54, 1.807) is 14.2 Å². The van der Waals surface area contributed by atoms with Gasteiger partial charge in [-0.2, -0.15) is 0 Å². The van der Waals surface area contributed by atoms with E-state index in [1.165, 1.54) is 109 Å². The fraction of sp³-hybridized carbons (Fsp3) is 0.894. The normalized spacial score (nSPS) is 11.5. The minimum atomic E-state index is -0.247. The molecular formula is C47H95O7Os. The second kappa shape index (κ2) is 57.2. The zero-order chi connectivity index (χ0) is 42.3. The molecule has 0 amide bonds. The Morgan fingerprint density at radius 1 is 0.691 bits per heavy atom. The molecule has 0 heterocycles. The van der Waals surface area contributed by atoms with Crippen LogP contribution in [0.15, 0.2) is 11.3 Å². The standard InChI is InChI=1S/C18H31O3.C10H22.C9H20O.C8H16O3.C2H6.Os/c1-4-5-6-7-8-9-10-18(16(2)3)21-15-17(11-13-19)12-14-20;1-5-7-8-10(6-2)9(3)4;1-3-4-5-6-7-8-9-10-2;1-4-5-8(10-3)6-11-7(2)9;1-2;/h13,17H,4-12,15H2,1-3H3;9-10H,5-8H2,1-4H3;3-9H2,1-2H3;8H,4-6H2,1-3H3;1-2H3;/q-1;;;;;+1. The number of ether oxygens (including phenoxy) is 4. The van der Waals surface area contributed by atoms with Gasteiger partial charge in [-0.3, -0.25) is 11.1 Å². The van der Waals surface area contributed by atoms with Crippen LogP contribution < -0.4 is 0 Å². The van der Waals surface area contributed by atoms with Gasteiger partial charge in [0.15, 0.2) is 0 Å². The van der Waals surface area contributed by atoms with Gasteiger partial charge in [-0.25, -0.2) is 0 Å². The molecule has 0 aliphatic rings. The van der Waals surface area contributed by atoms with Gasteiger partial charge < -0.3 is 28.5 Å². The van der Waals surface area contributed by atoms with Crippen LogP contribution in [-0.2, 0) is 53.1 Å². The third-order valence-electron chi connectivity index (χ3n) is 9.12. The second-order valence-corrected chi connectivity index (χ2v) is 14.6. The molecule has 1 radical (unpaired) electrons. The van der Waals surface area contributed by atoms with Crippen LogP contribution in [0.4, 0.5) is 0 Å². The molecule has 0 N–H and O–H groups in total. The Balaban J connectivity index is -0.000000151. The fourth-order valence-electron chi connectivity index (χ4n) is 5.52. The van der Waals surface area contributed by atoms with E-state index in [0.717, 1.165) is 56.2 Å². The molecule has 0 aromatic rings. The number of rotatable bonds is 31. The molecule has 0 aromatic heterocycles.